The molecule has 4 rings (SSSR count). The fourth-order valence-corrected chi connectivity index (χ4v) is 4.71. The molecule has 2 heterocycles. The van der Waals surface area contributed by atoms with E-state index in [2.05, 4.69) is 20.9 Å². The van der Waals surface area contributed by atoms with Crippen molar-refractivity contribution in [3.8, 4) is 0 Å². The number of hydrogen-bond acceptors (Lipinski definition) is 5. The SMILES string of the molecule is O=C(Nc1cc(F)ccc1F)N[C@H]1CC[C@H](CCn2cc(C3CCCCC3)nn2)O[C@@H]1CO. The minimum atomic E-state index is -0.732. The quantitative estimate of drug-likeness (QED) is 0.581. The lowest BCUT2D eigenvalue weighted by Gasteiger charge is -2.36. The van der Waals surface area contributed by atoms with E-state index in [1.165, 1.54) is 32.1 Å². The van der Waals surface area contributed by atoms with Crippen molar-refractivity contribution in [2.45, 2.75) is 82.1 Å². The molecule has 0 spiro atoms. The Morgan fingerprint density at radius 2 is 2.00 bits per heavy atom. The average molecular weight is 464 g/mol. The maximum Gasteiger partial charge on any atom is 0.319 e. The predicted octanol–water partition coefficient (Wildman–Crippen LogP) is 3.72. The van der Waals surface area contributed by atoms with Gasteiger partial charge in [-0.3, -0.25) is 4.68 Å². The van der Waals surface area contributed by atoms with Crippen LogP contribution >= 0.6 is 0 Å². The number of halogens is 2. The molecule has 8 nitrogen and oxygen atoms in total. The molecule has 10 heteroatoms. The Hall–Kier alpha value is -2.59. The van der Waals surface area contributed by atoms with Crippen LogP contribution in [0.4, 0.5) is 19.3 Å². The summed E-state index contributed by atoms with van der Waals surface area (Å²) < 4.78 is 34.9. The van der Waals surface area contributed by atoms with Crippen LogP contribution in [0.5, 0.6) is 0 Å². The summed E-state index contributed by atoms with van der Waals surface area (Å²) in [5, 5.41) is 23.4. The van der Waals surface area contributed by atoms with E-state index in [9.17, 15) is 18.7 Å². The number of benzene rings is 1. The third-order valence-corrected chi connectivity index (χ3v) is 6.55. The number of rotatable bonds is 7. The molecule has 0 unspecified atom stereocenters. The van der Waals surface area contributed by atoms with E-state index in [4.69, 9.17) is 4.74 Å². The fraction of sp³-hybridized carbons (Fsp3) is 0.609. The Morgan fingerprint density at radius 3 is 2.79 bits per heavy atom. The Morgan fingerprint density at radius 1 is 1.18 bits per heavy atom. The zero-order valence-electron chi connectivity index (χ0n) is 18.6. The van der Waals surface area contributed by atoms with Gasteiger partial charge in [0, 0.05) is 24.7 Å². The maximum absolute atomic E-state index is 13.7. The van der Waals surface area contributed by atoms with Gasteiger partial charge in [0.25, 0.3) is 0 Å². The first kappa shape index (κ1) is 23.6. The van der Waals surface area contributed by atoms with Crippen LogP contribution in [0.1, 0.15) is 63.0 Å². The van der Waals surface area contributed by atoms with Crippen molar-refractivity contribution in [1.82, 2.24) is 20.3 Å². The number of carbonyl (C=O) groups is 1. The number of aryl methyl sites for hydroxylation is 1. The van der Waals surface area contributed by atoms with Gasteiger partial charge < -0.3 is 20.5 Å². The van der Waals surface area contributed by atoms with Gasteiger partial charge in [-0.05, 0) is 44.2 Å². The summed E-state index contributed by atoms with van der Waals surface area (Å²) in [7, 11) is 0. The van der Waals surface area contributed by atoms with E-state index >= 15 is 0 Å². The van der Waals surface area contributed by atoms with Crippen molar-refractivity contribution in [3.63, 3.8) is 0 Å². The molecule has 2 aliphatic rings. The third kappa shape index (κ3) is 6.26. The fourth-order valence-electron chi connectivity index (χ4n) is 4.71. The number of aliphatic hydroxyl groups excluding tert-OH is 1. The lowest BCUT2D eigenvalue weighted by atomic mass is 9.87. The molecule has 1 aromatic heterocycles. The number of amides is 2. The molecule has 3 atom stereocenters. The molecule has 1 aliphatic heterocycles. The highest BCUT2D eigenvalue weighted by atomic mass is 19.1. The summed E-state index contributed by atoms with van der Waals surface area (Å²) >= 11 is 0. The number of aromatic nitrogens is 3. The monoisotopic (exact) mass is 463 g/mol. The molecular formula is C23H31F2N5O3. The average Bonchev–Trinajstić information content (AvgIpc) is 3.30. The Kier molecular flexibility index (Phi) is 7.87. The van der Waals surface area contributed by atoms with Gasteiger partial charge in [0.2, 0.25) is 0 Å². The van der Waals surface area contributed by atoms with Gasteiger partial charge in [0.05, 0.1) is 30.1 Å². The van der Waals surface area contributed by atoms with Crippen molar-refractivity contribution in [2.24, 2.45) is 0 Å². The minimum absolute atomic E-state index is 0.0775. The Bertz CT molecular complexity index is 935. The van der Waals surface area contributed by atoms with E-state index < -0.39 is 29.8 Å². The Balaban J connectivity index is 1.25. The first-order valence-corrected chi connectivity index (χ1v) is 11.7. The zero-order chi connectivity index (χ0) is 23.2. The van der Waals surface area contributed by atoms with E-state index in [0.717, 1.165) is 30.3 Å². The van der Waals surface area contributed by atoms with E-state index in [1.807, 2.05) is 10.9 Å². The van der Waals surface area contributed by atoms with E-state index in [0.29, 0.717) is 25.3 Å². The number of aliphatic hydroxyl groups is 1. The van der Waals surface area contributed by atoms with Crippen LogP contribution in [0.25, 0.3) is 0 Å². The summed E-state index contributed by atoms with van der Waals surface area (Å²) in [6, 6.07) is 1.72. The first-order chi connectivity index (χ1) is 16.0. The standard InChI is InChI=1S/C23H31F2N5O3/c24-16-6-8-18(25)20(12-16)27-23(32)26-19-9-7-17(33-22(19)14-31)10-11-30-13-21(28-29-30)15-4-2-1-3-5-15/h6,8,12-13,15,17,19,22,31H,1-5,7,9-11,14H2,(H2,26,27,32)/t17-,19+,22-/m1/s1. The molecule has 180 valence electrons. The predicted molar refractivity (Wildman–Crippen MR) is 118 cm³/mol. The molecule has 2 aromatic rings. The summed E-state index contributed by atoms with van der Waals surface area (Å²) in [6.45, 7) is 0.408. The van der Waals surface area contributed by atoms with Crippen LogP contribution in [-0.4, -0.2) is 51.0 Å². The highest BCUT2D eigenvalue weighted by Gasteiger charge is 2.32. The van der Waals surface area contributed by atoms with Crippen LogP contribution in [0.2, 0.25) is 0 Å². The first-order valence-electron chi connectivity index (χ1n) is 11.7. The second-order valence-corrected chi connectivity index (χ2v) is 8.92. The van der Waals surface area contributed by atoms with Gasteiger partial charge >= 0.3 is 6.03 Å². The van der Waals surface area contributed by atoms with Crippen molar-refractivity contribution >= 4 is 11.7 Å². The third-order valence-electron chi connectivity index (χ3n) is 6.55. The van der Waals surface area contributed by atoms with Crippen molar-refractivity contribution in [2.75, 3.05) is 11.9 Å². The zero-order valence-corrected chi connectivity index (χ0v) is 18.6. The second-order valence-electron chi connectivity index (χ2n) is 8.92. The van der Waals surface area contributed by atoms with Crippen LogP contribution in [-0.2, 0) is 11.3 Å². The maximum atomic E-state index is 13.7. The highest BCUT2D eigenvalue weighted by Crippen LogP contribution is 2.31. The summed E-state index contributed by atoms with van der Waals surface area (Å²) in [5.74, 6) is -0.872. The molecule has 33 heavy (non-hydrogen) atoms. The number of anilines is 1. The number of nitrogens with zero attached hydrogens (tertiary/aromatic N) is 3. The molecular weight excluding hydrogens is 432 g/mol. The van der Waals surface area contributed by atoms with Gasteiger partial charge in [0.1, 0.15) is 17.7 Å². The van der Waals surface area contributed by atoms with Crippen molar-refractivity contribution < 1.29 is 23.4 Å². The smallest absolute Gasteiger partial charge is 0.319 e. The van der Waals surface area contributed by atoms with Crippen molar-refractivity contribution in [3.05, 3.63) is 41.7 Å². The lowest BCUT2D eigenvalue weighted by Crippen LogP contribution is -2.52. The van der Waals surface area contributed by atoms with Crippen LogP contribution in [0.3, 0.4) is 0 Å². The summed E-state index contributed by atoms with van der Waals surface area (Å²) in [6.07, 6.45) is 9.54. The van der Waals surface area contributed by atoms with Gasteiger partial charge in [-0.25, -0.2) is 13.6 Å². The number of urea groups is 1. The van der Waals surface area contributed by atoms with Gasteiger partial charge in [-0.2, -0.15) is 0 Å². The molecule has 1 aromatic carbocycles. The van der Waals surface area contributed by atoms with Crippen LogP contribution < -0.4 is 10.6 Å². The second kappa shape index (κ2) is 11.0. The molecule has 2 amide bonds. The molecule has 0 radical (unpaired) electrons. The van der Waals surface area contributed by atoms with Crippen LogP contribution in [0, 0.1) is 11.6 Å². The number of carbonyl (C=O) groups excluding carboxylic acids is 1. The lowest BCUT2D eigenvalue weighted by molar-refractivity contribution is -0.0905. The summed E-state index contributed by atoms with van der Waals surface area (Å²) in [5.41, 5.74) is 0.820. The van der Waals surface area contributed by atoms with Crippen molar-refractivity contribution in [1.29, 1.82) is 0 Å². The summed E-state index contributed by atoms with van der Waals surface area (Å²) in [4.78, 5) is 12.3. The number of ether oxygens (including phenoxy) is 1. The molecule has 3 N–H and O–H groups in total. The molecule has 2 fully saturated rings. The topological polar surface area (TPSA) is 101 Å². The molecule has 0 bridgehead atoms. The largest absolute Gasteiger partial charge is 0.394 e. The van der Waals surface area contributed by atoms with E-state index in [1.54, 1.807) is 0 Å². The molecule has 1 saturated carbocycles. The van der Waals surface area contributed by atoms with Gasteiger partial charge in [0.15, 0.2) is 0 Å². The van der Waals surface area contributed by atoms with Crippen LogP contribution in [0.15, 0.2) is 24.4 Å². The Labute approximate surface area is 191 Å². The van der Waals surface area contributed by atoms with Gasteiger partial charge in [-0.1, -0.05) is 24.5 Å². The highest BCUT2D eigenvalue weighted by molar-refractivity contribution is 5.89. The number of nitrogens with one attached hydrogen (secondary N) is 2. The van der Waals surface area contributed by atoms with E-state index in [-0.39, 0.29) is 18.4 Å². The molecule has 1 aliphatic carbocycles. The minimum Gasteiger partial charge on any atom is -0.394 e. The normalized spacial score (nSPS) is 23.9. The molecule has 1 saturated heterocycles. The van der Waals surface area contributed by atoms with Gasteiger partial charge in [-0.15, -0.1) is 5.10 Å². The number of hydrogen-bond donors (Lipinski definition) is 3.